The van der Waals surface area contributed by atoms with Gasteiger partial charge < -0.3 is 10.1 Å². The van der Waals surface area contributed by atoms with Gasteiger partial charge in [0.1, 0.15) is 0 Å². The van der Waals surface area contributed by atoms with E-state index >= 15 is 0 Å². The molecule has 0 radical (unpaired) electrons. The van der Waals surface area contributed by atoms with Gasteiger partial charge in [-0.15, -0.1) is 0 Å². The van der Waals surface area contributed by atoms with E-state index in [0.29, 0.717) is 18.2 Å². The Hall–Kier alpha value is -0.600. The van der Waals surface area contributed by atoms with E-state index in [1.165, 1.54) is 5.57 Å². The van der Waals surface area contributed by atoms with E-state index in [2.05, 4.69) is 51.2 Å². The second-order valence-electron chi connectivity index (χ2n) is 4.32. The van der Waals surface area contributed by atoms with Crippen molar-refractivity contribution in [1.29, 1.82) is 0 Å². The van der Waals surface area contributed by atoms with Crippen molar-refractivity contribution in [3.8, 4) is 0 Å². The van der Waals surface area contributed by atoms with Crippen LogP contribution in [0.15, 0.2) is 23.8 Å². The van der Waals surface area contributed by atoms with Crippen molar-refractivity contribution in [3.63, 3.8) is 0 Å². The van der Waals surface area contributed by atoms with E-state index in [9.17, 15) is 0 Å². The molecule has 1 aliphatic rings. The van der Waals surface area contributed by atoms with E-state index in [1.54, 1.807) is 0 Å². The smallest absolute Gasteiger partial charge is 0.0700 e. The molecule has 0 bridgehead atoms. The molecule has 2 nitrogen and oxygen atoms in total. The Bertz CT molecular complexity index is 245. The molecule has 0 spiro atoms. The fourth-order valence-electron chi connectivity index (χ4n) is 1.74. The van der Waals surface area contributed by atoms with Crippen molar-refractivity contribution >= 4 is 0 Å². The van der Waals surface area contributed by atoms with Crippen LogP contribution in [0.1, 0.15) is 34.1 Å². The Morgan fingerprint density at radius 1 is 1.53 bits per heavy atom. The van der Waals surface area contributed by atoms with E-state index in [4.69, 9.17) is 4.74 Å². The summed E-state index contributed by atoms with van der Waals surface area (Å²) >= 11 is 0. The third kappa shape index (κ3) is 4.18. The van der Waals surface area contributed by atoms with Gasteiger partial charge in [0.2, 0.25) is 0 Å². The molecule has 0 amide bonds. The first-order valence-electron chi connectivity index (χ1n) is 5.82. The third-order valence-electron chi connectivity index (χ3n) is 2.96. The zero-order chi connectivity index (χ0) is 11.3. The van der Waals surface area contributed by atoms with Gasteiger partial charge in [-0.1, -0.05) is 23.8 Å². The van der Waals surface area contributed by atoms with Crippen molar-refractivity contribution in [3.05, 3.63) is 23.8 Å². The summed E-state index contributed by atoms with van der Waals surface area (Å²) < 4.78 is 5.52. The van der Waals surface area contributed by atoms with Crippen molar-refractivity contribution in [2.45, 2.75) is 52.3 Å². The monoisotopic (exact) mass is 209 g/mol. The molecule has 1 rings (SSSR count). The highest BCUT2D eigenvalue weighted by atomic mass is 16.5. The average molecular weight is 209 g/mol. The SMILES string of the molecule is C/C=C(C)\C=C/C(C)NC1CCOC1C. The van der Waals surface area contributed by atoms with Crippen molar-refractivity contribution < 1.29 is 4.74 Å². The number of nitrogens with one attached hydrogen (secondary N) is 1. The highest BCUT2D eigenvalue weighted by Crippen LogP contribution is 2.13. The first kappa shape index (κ1) is 12.5. The van der Waals surface area contributed by atoms with Gasteiger partial charge in [0, 0.05) is 18.7 Å². The van der Waals surface area contributed by atoms with Gasteiger partial charge in [-0.25, -0.2) is 0 Å². The summed E-state index contributed by atoms with van der Waals surface area (Å²) in [6.07, 6.45) is 7.97. The lowest BCUT2D eigenvalue weighted by Gasteiger charge is -2.19. The first-order valence-corrected chi connectivity index (χ1v) is 5.82. The molecule has 15 heavy (non-hydrogen) atoms. The summed E-state index contributed by atoms with van der Waals surface area (Å²) in [5.41, 5.74) is 1.30. The maximum absolute atomic E-state index is 5.52. The summed E-state index contributed by atoms with van der Waals surface area (Å²) in [6.45, 7) is 9.39. The fourth-order valence-corrected chi connectivity index (χ4v) is 1.74. The number of ether oxygens (including phenoxy) is 1. The van der Waals surface area contributed by atoms with Crippen molar-refractivity contribution in [1.82, 2.24) is 5.32 Å². The van der Waals surface area contributed by atoms with Crippen LogP contribution in [0.25, 0.3) is 0 Å². The zero-order valence-electron chi connectivity index (χ0n) is 10.3. The van der Waals surface area contributed by atoms with Crippen molar-refractivity contribution in [2.75, 3.05) is 6.61 Å². The zero-order valence-corrected chi connectivity index (χ0v) is 10.3. The summed E-state index contributed by atoms with van der Waals surface area (Å²) in [7, 11) is 0. The quantitative estimate of drug-likeness (QED) is 0.719. The molecule has 3 atom stereocenters. The number of rotatable bonds is 4. The number of allylic oxidation sites excluding steroid dienone is 3. The van der Waals surface area contributed by atoms with Crippen LogP contribution in [0.5, 0.6) is 0 Å². The number of hydrogen-bond acceptors (Lipinski definition) is 2. The minimum Gasteiger partial charge on any atom is -0.377 e. The predicted octanol–water partition coefficient (Wildman–Crippen LogP) is 2.66. The lowest BCUT2D eigenvalue weighted by atomic mass is 10.1. The fraction of sp³-hybridized carbons (Fsp3) is 0.692. The number of hydrogen-bond donors (Lipinski definition) is 1. The Balaban J connectivity index is 2.35. The van der Waals surface area contributed by atoms with Gasteiger partial charge in [-0.2, -0.15) is 0 Å². The van der Waals surface area contributed by atoms with Gasteiger partial charge in [0.15, 0.2) is 0 Å². The highest BCUT2D eigenvalue weighted by molar-refractivity contribution is 5.16. The van der Waals surface area contributed by atoms with Gasteiger partial charge in [0.05, 0.1) is 6.10 Å². The topological polar surface area (TPSA) is 21.3 Å². The molecular weight excluding hydrogens is 186 g/mol. The normalized spacial score (nSPS) is 30.0. The standard InChI is InChI=1S/C13H23NO/c1-5-10(2)6-7-11(3)14-13-8-9-15-12(13)4/h5-7,11-14H,8-9H2,1-4H3/b7-6-,10-5-. The van der Waals surface area contributed by atoms with E-state index in [0.717, 1.165) is 13.0 Å². The van der Waals surface area contributed by atoms with Crippen LogP contribution in [0.2, 0.25) is 0 Å². The van der Waals surface area contributed by atoms with Gasteiger partial charge >= 0.3 is 0 Å². The second kappa shape index (κ2) is 6.09. The highest BCUT2D eigenvalue weighted by Gasteiger charge is 2.24. The van der Waals surface area contributed by atoms with E-state index < -0.39 is 0 Å². The Morgan fingerprint density at radius 2 is 2.27 bits per heavy atom. The molecule has 0 aromatic heterocycles. The molecule has 3 unspecified atom stereocenters. The van der Waals surface area contributed by atoms with Gasteiger partial charge in [-0.05, 0) is 34.1 Å². The largest absolute Gasteiger partial charge is 0.377 e. The molecule has 2 heteroatoms. The summed E-state index contributed by atoms with van der Waals surface area (Å²) in [6, 6.07) is 0.921. The molecule has 1 aliphatic heterocycles. The van der Waals surface area contributed by atoms with Crippen LogP contribution >= 0.6 is 0 Å². The maximum atomic E-state index is 5.52. The Morgan fingerprint density at radius 3 is 2.80 bits per heavy atom. The average Bonchev–Trinajstić information content (AvgIpc) is 2.61. The Labute approximate surface area is 93.4 Å². The van der Waals surface area contributed by atoms with Gasteiger partial charge in [0.25, 0.3) is 0 Å². The Kier molecular flexibility index (Phi) is 5.06. The summed E-state index contributed by atoms with van der Waals surface area (Å²) in [4.78, 5) is 0. The van der Waals surface area contributed by atoms with Crippen molar-refractivity contribution in [2.24, 2.45) is 0 Å². The van der Waals surface area contributed by atoms with E-state index in [1.807, 2.05) is 0 Å². The summed E-state index contributed by atoms with van der Waals surface area (Å²) in [5.74, 6) is 0. The molecule has 0 aromatic rings. The van der Waals surface area contributed by atoms with Crippen LogP contribution in [-0.4, -0.2) is 24.8 Å². The van der Waals surface area contributed by atoms with Crippen LogP contribution in [0.3, 0.4) is 0 Å². The lowest BCUT2D eigenvalue weighted by molar-refractivity contribution is 0.112. The third-order valence-corrected chi connectivity index (χ3v) is 2.96. The molecule has 0 aromatic carbocycles. The van der Waals surface area contributed by atoms with E-state index in [-0.39, 0.29) is 0 Å². The van der Waals surface area contributed by atoms with Gasteiger partial charge in [-0.3, -0.25) is 0 Å². The lowest BCUT2D eigenvalue weighted by Crippen LogP contribution is -2.39. The van der Waals surface area contributed by atoms with Crippen LogP contribution in [-0.2, 0) is 4.74 Å². The molecular formula is C13H23NO. The second-order valence-corrected chi connectivity index (χ2v) is 4.32. The first-order chi connectivity index (χ1) is 7.13. The maximum Gasteiger partial charge on any atom is 0.0700 e. The van der Waals surface area contributed by atoms with Crippen LogP contribution < -0.4 is 5.32 Å². The molecule has 0 saturated carbocycles. The minimum absolute atomic E-state index is 0.351. The molecule has 0 aliphatic carbocycles. The van der Waals surface area contributed by atoms with Crippen LogP contribution in [0, 0.1) is 0 Å². The molecule has 1 heterocycles. The molecule has 1 saturated heterocycles. The molecule has 1 N–H and O–H groups in total. The molecule has 86 valence electrons. The van der Waals surface area contributed by atoms with Crippen LogP contribution in [0.4, 0.5) is 0 Å². The minimum atomic E-state index is 0.351. The molecule has 1 fully saturated rings. The summed E-state index contributed by atoms with van der Waals surface area (Å²) in [5, 5.41) is 3.57. The predicted molar refractivity (Wildman–Crippen MR) is 65.0 cm³/mol.